The number of nitrogens with zero attached hydrogens (tertiary/aromatic N) is 2. The highest BCUT2D eigenvalue weighted by Gasteiger charge is 2.81. The second kappa shape index (κ2) is 5.75. The Labute approximate surface area is 160 Å². The van der Waals surface area contributed by atoms with Crippen LogP contribution >= 0.6 is 0 Å². The lowest BCUT2D eigenvalue weighted by Gasteiger charge is -2.29. The van der Waals surface area contributed by atoms with Crippen molar-refractivity contribution >= 4 is 11.4 Å². The molecule has 5 rings (SSSR count). The van der Waals surface area contributed by atoms with Gasteiger partial charge in [0.15, 0.2) is 0 Å². The van der Waals surface area contributed by atoms with Crippen LogP contribution in [-0.2, 0) is 10.8 Å². The molecule has 0 aromatic heterocycles. The Kier molecular flexibility index (Phi) is 3.45. The average molecular weight is 350 g/mol. The third kappa shape index (κ3) is 1.90. The molecule has 3 aromatic rings. The first-order chi connectivity index (χ1) is 13.2. The van der Waals surface area contributed by atoms with E-state index in [2.05, 4.69) is 115 Å². The Morgan fingerprint density at radius 1 is 0.556 bits per heavy atom. The normalized spacial score (nSPS) is 28.7. The molecular weight excluding hydrogens is 328 g/mol. The van der Waals surface area contributed by atoms with Crippen LogP contribution in [0.1, 0.15) is 36.5 Å². The standard InChI is InChI=1S/C25H22N2/c1-18-24(21-14-8-4-9-15-21)23(20-12-6-3-7-13-20)25(24,19(2)27-26-18)22-16-10-5-11-17-22/h3-17,23H,1-2H3. The van der Waals surface area contributed by atoms with Crippen molar-refractivity contribution in [2.75, 3.05) is 0 Å². The zero-order chi connectivity index (χ0) is 18.5. The molecule has 2 aliphatic rings. The van der Waals surface area contributed by atoms with E-state index in [0.29, 0.717) is 0 Å². The largest absolute Gasteiger partial charge is 0.159 e. The van der Waals surface area contributed by atoms with E-state index in [1.807, 2.05) is 0 Å². The predicted octanol–water partition coefficient (Wildman–Crippen LogP) is 5.51. The lowest BCUT2D eigenvalue weighted by Crippen LogP contribution is -2.36. The number of rotatable bonds is 3. The summed E-state index contributed by atoms with van der Waals surface area (Å²) in [6, 6.07) is 32.5. The molecular formula is C25H22N2. The van der Waals surface area contributed by atoms with E-state index in [1.54, 1.807) is 0 Å². The minimum absolute atomic E-state index is 0.192. The van der Waals surface area contributed by atoms with Gasteiger partial charge in [-0.25, -0.2) is 0 Å². The van der Waals surface area contributed by atoms with Gasteiger partial charge in [-0.05, 0) is 30.5 Å². The van der Waals surface area contributed by atoms with Crippen LogP contribution < -0.4 is 0 Å². The fourth-order valence-corrected chi connectivity index (χ4v) is 5.52. The van der Waals surface area contributed by atoms with Crippen LogP contribution in [-0.4, -0.2) is 11.4 Å². The summed E-state index contributed by atoms with van der Waals surface area (Å²) in [6.45, 7) is 4.28. The SMILES string of the molecule is CC1=NN=C(C)C2(c3ccccc3)C(c3ccccc3)C12c1ccccc1. The monoisotopic (exact) mass is 350 g/mol. The Morgan fingerprint density at radius 2 is 0.926 bits per heavy atom. The van der Waals surface area contributed by atoms with Crippen LogP contribution in [0.15, 0.2) is 101 Å². The molecule has 27 heavy (non-hydrogen) atoms. The Bertz CT molecular complexity index is 970. The summed E-state index contributed by atoms with van der Waals surface area (Å²) in [6.07, 6.45) is 0. The van der Waals surface area contributed by atoms with E-state index in [-0.39, 0.29) is 16.7 Å². The molecule has 0 amide bonds. The van der Waals surface area contributed by atoms with Gasteiger partial charge >= 0.3 is 0 Å². The molecule has 0 N–H and O–H groups in total. The Balaban J connectivity index is 1.87. The second-order valence-corrected chi connectivity index (χ2v) is 7.56. The lowest BCUT2D eigenvalue weighted by molar-refractivity contribution is 0.768. The minimum atomic E-state index is -0.192. The van der Waals surface area contributed by atoms with Crippen molar-refractivity contribution in [1.82, 2.24) is 0 Å². The van der Waals surface area contributed by atoms with Gasteiger partial charge in [0.25, 0.3) is 0 Å². The molecule has 1 fully saturated rings. The molecule has 2 atom stereocenters. The van der Waals surface area contributed by atoms with Crippen LogP contribution in [0.5, 0.6) is 0 Å². The smallest absolute Gasteiger partial charge is 0.0588 e. The van der Waals surface area contributed by atoms with E-state index in [4.69, 9.17) is 0 Å². The first-order valence-corrected chi connectivity index (χ1v) is 9.50. The maximum Gasteiger partial charge on any atom is 0.0588 e. The zero-order valence-electron chi connectivity index (χ0n) is 15.6. The maximum atomic E-state index is 4.63. The van der Waals surface area contributed by atoms with E-state index < -0.39 is 0 Å². The summed E-state index contributed by atoms with van der Waals surface area (Å²) in [4.78, 5) is 0. The average Bonchev–Trinajstić information content (AvgIpc) is 3.41. The molecule has 2 nitrogen and oxygen atoms in total. The van der Waals surface area contributed by atoms with Crippen molar-refractivity contribution < 1.29 is 0 Å². The van der Waals surface area contributed by atoms with Crippen molar-refractivity contribution in [3.05, 3.63) is 108 Å². The van der Waals surface area contributed by atoms with Crippen LogP contribution in [0.2, 0.25) is 0 Å². The molecule has 2 heteroatoms. The van der Waals surface area contributed by atoms with Crippen LogP contribution in [0.4, 0.5) is 0 Å². The van der Waals surface area contributed by atoms with E-state index in [9.17, 15) is 0 Å². The maximum absolute atomic E-state index is 4.63. The third-order valence-corrected chi connectivity index (χ3v) is 6.49. The molecule has 1 heterocycles. The van der Waals surface area contributed by atoms with E-state index in [0.717, 1.165) is 11.4 Å². The molecule has 0 spiro atoms. The van der Waals surface area contributed by atoms with E-state index >= 15 is 0 Å². The summed E-state index contributed by atoms with van der Waals surface area (Å²) in [5.74, 6) is 0.283. The van der Waals surface area contributed by atoms with Crippen molar-refractivity contribution in [3.63, 3.8) is 0 Å². The van der Waals surface area contributed by atoms with Gasteiger partial charge in [0.2, 0.25) is 0 Å². The van der Waals surface area contributed by atoms with Gasteiger partial charge in [-0.1, -0.05) is 91.0 Å². The molecule has 1 saturated carbocycles. The van der Waals surface area contributed by atoms with Crippen LogP contribution in [0, 0.1) is 0 Å². The van der Waals surface area contributed by atoms with Gasteiger partial charge in [0.1, 0.15) is 0 Å². The molecule has 2 unspecified atom stereocenters. The molecule has 1 aliphatic carbocycles. The molecule has 1 aliphatic heterocycles. The van der Waals surface area contributed by atoms with Crippen LogP contribution in [0.25, 0.3) is 0 Å². The zero-order valence-corrected chi connectivity index (χ0v) is 15.6. The Morgan fingerprint density at radius 3 is 1.33 bits per heavy atom. The first-order valence-electron chi connectivity index (χ1n) is 9.50. The highest BCUT2D eigenvalue weighted by Crippen LogP contribution is 2.77. The summed E-state index contributed by atoms with van der Waals surface area (Å²) >= 11 is 0. The number of hydrogen-bond donors (Lipinski definition) is 0. The molecule has 0 saturated heterocycles. The molecule has 3 aromatic carbocycles. The molecule has 132 valence electrons. The molecule has 0 radical (unpaired) electrons. The van der Waals surface area contributed by atoms with E-state index in [1.165, 1.54) is 16.7 Å². The predicted molar refractivity (Wildman–Crippen MR) is 112 cm³/mol. The van der Waals surface area contributed by atoms with Crippen molar-refractivity contribution in [3.8, 4) is 0 Å². The van der Waals surface area contributed by atoms with Gasteiger partial charge in [-0.3, -0.25) is 0 Å². The lowest BCUT2D eigenvalue weighted by atomic mass is 9.76. The van der Waals surface area contributed by atoms with Crippen LogP contribution in [0.3, 0.4) is 0 Å². The quantitative estimate of drug-likeness (QED) is 0.595. The summed E-state index contributed by atoms with van der Waals surface area (Å²) in [5.41, 5.74) is 5.78. The fraction of sp³-hybridized carbons (Fsp3) is 0.200. The topological polar surface area (TPSA) is 24.7 Å². The Hall–Kier alpha value is -3.00. The van der Waals surface area contributed by atoms with Crippen molar-refractivity contribution in [2.24, 2.45) is 10.2 Å². The highest BCUT2D eigenvalue weighted by molar-refractivity contribution is 6.16. The van der Waals surface area contributed by atoms with Gasteiger partial charge < -0.3 is 0 Å². The first kappa shape index (κ1) is 16.2. The van der Waals surface area contributed by atoms with Gasteiger partial charge in [0, 0.05) is 17.3 Å². The summed E-state index contributed by atoms with van der Waals surface area (Å²) in [5, 5.41) is 9.27. The summed E-state index contributed by atoms with van der Waals surface area (Å²) < 4.78 is 0. The fourth-order valence-electron chi connectivity index (χ4n) is 5.52. The minimum Gasteiger partial charge on any atom is -0.159 e. The molecule has 0 bridgehead atoms. The van der Waals surface area contributed by atoms with Gasteiger partial charge in [0.05, 0.1) is 10.8 Å². The highest BCUT2D eigenvalue weighted by atomic mass is 15.3. The van der Waals surface area contributed by atoms with Crippen molar-refractivity contribution in [2.45, 2.75) is 30.6 Å². The number of hydrogen-bond acceptors (Lipinski definition) is 2. The third-order valence-electron chi connectivity index (χ3n) is 6.49. The van der Waals surface area contributed by atoms with Gasteiger partial charge in [-0.15, -0.1) is 0 Å². The van der Waals surface area contributed by atoms with Gasteiger partial charge in [-0.2, -0.15) is 10.2 Å². The second-order valence-electron chi connectivity index (χ2n) is 7.56. The van der Waals surface area contributed by atoms with Crippen molar-refractivity contribution in [1.29, 1.82) is 0 Å². The number of fused-ring (bicyclic) bond motifs is 1. The summed E-state index contributed by atoms with van der Waals surface area (Å²) in [7, 11) is 0. The number of benzene rings is 3.